The van der Waals surface area contributed by atoms with E-state index in [1.54, 1.807) is 24.0 Å². The first-order valence-corrected chi connectivity index (χ1v) is 12.6. The summed E-state index contributed by atoms with van der Waals surface area (Å²) in [4.78, 5) is 21.8. The Bertz CT molecular complexity index is 1540. The first kappa shape index (κ1) is 23.1. The molecular weight excluding hydrogens is 468 g/mol. The summed E-state index contributed by atoms with van der Waals surface area (Å²) in [6.45, 7) is 2.58. The van der Waals surface area contributed by atoms with Crippen LogP contribution in [0.2, 0.25) is 0 Å². The molecule has 1 aliphatic heterocycles. The molecule has 11 nitrogen and oxygen atoms in total. The molecule has 35 heavy (non-hydrogen) atoms. The summed E-state index contributed by atoms with van der Waals surface area (Å²) in [7, 11) is -2.22. The van der Waals surface area contributed by atoms with Gasteiger partial charge in [-0.3, -0.25) is 9.89 Å². The second-order valence-corrected chi connectivity index (χ2v) is 10.4. The molecule has 0 unspecified atom stereocenters. The highest BCUT2D eigenvalue weighted by Crippen LogP contribution is 2.28. The molecule has 4 N–H and O–H groups in total. The minimum Gasteiger partial charge on any atom is -0.347 e. The van der Waals surface area contributed by atoms with E-state index in [0.29, 0.717) is 24.5 Å². The first-order chi connectivity index (χ1) is 16.8. The lowest BCUT2D eigenvalue weighted by molar-refractivity contribution is 0.0942. The van der Waals surface area contributed by atoms with Crippen LogP contribution in [-0.2, 0) is 43.1 Å². The number of nitrogens with two attached hydrogens (primary N) is 1. The van der Waals surface area contributed by atoms with Gasteiger partial charge in [0.05, 0.1) is 17.4 Å². The van der Waals surface area contributed by atoms with Gasteiger partial charge in [0.2, 0.25) is 10.0 Å². The molecule has 0 saturated heterocycles. The predicted octanol–water partition coefficient (Wildman–Crippen LogP) is 1.14. The van der Waals surface area contributed by atoms with Gasteiger partial charge in [-0.05, 0) is 24.6 Å². The van der Waals surface area contributed by atoms with Crippen LogP contribution >= 0.6 is 0 Å². The minimum absolute atomic E-state index is 0.0246. The number of sulfonamides is 1. The van der Waals surface area contributed by atoms with Gasteiger partial charge in [0.1, 0.15) is 16.4 Å². The maximum absolute atomic E-state index is 13.5. The van der Waals surface area contributed by atoms with E-state index in [1.165, 1.54) is 10.4 Å². The Morgan fingerprint density at radius 1 is 1.29 bits per heavy atom. The highest BCUT2D eigenvalue weighted by Gasteiger charge is 2.33. The third kappa shape index (κ3) is 4.09. The van der Waals surface area contributed by atoms with Crippen molar-refractivity contribution in [3.05, 3.63) is 70.7 Å². The molecule has 4 aromatic rings. The number of carbonyl (C=O) groups is 1. The zero-order valence-corrected chi connectivity index (χ0v) is 20.3. The van der Waals surface area contributed by atoms with E-state index in [-0.39, 0.29) is 30.2 Å². The summed E-state index contributed by atoms with van der Waals surface area (Å²) in [5.74, 6) is 0.271. The Morgan fingerprint density at radius 3 is 2.91 bits per heavy atom. The normalized spacial score (nSPS) is 14.3. The largest absolute Gasteiger partial charge is 0.347 e. The molecule has 1 aromatic carbocycles. The molecule has 0 fully saturated rings. The van der Waals surface area contributed by atoms with Crippen molar-refractivity contribution >= 4 is 26.8 Å². The number of fused-ring (bicyclic) bond motifs is 2. The number of benzene rings is 1. The van der Waals surface area contributed by atoms with Crippen molar-refractivity contribution in [1.82, 2.24) is 34.4 Å². The van der Waals surface area contributed by atoms with E-state index < -0.39 is 15.9 Å². The van der Waals surface area contributed by atoms with Crippen LogP contribution in [0, 0.1) is 6.92 Å². The number of aromatic nitrogens is 5. The van der Waals surface area contributed by atoms with Crippen molar-refractivity contribution in [2.24, 2.45) is 12.8 Å². The number of hydrogen-bond donors (Lipinski definition) is 3. The molecule has 0 bridgehead atoms. The molecule has 5 rings (SSSR count). The molecule has 182 valence electrons. The van der Waals surface area contributed by atoms with Crippen LogP contribution in [0.5, 0.6) is 0 Å². The van der Waals surface area contributed by atoms with Gasteiger partial charge in [-0.25, -0.2) is 18.4 Å². The smallest absolute Gasteiger partial charge is 0.268 e. The number of rotatable bonds is 6. The van der Waals surface area contributed by atoms with Gasteiger partial charge >= 0.3 is 0 Å². The predicted molar refractivity (Wildman–Crippen MR) is 129 cm³/mol. The average molecular weight is 495 g/mol. The standard InChI is InChI=1S/C23H26N8O3S/c1-14-25-12-17-15(4-3-5-19(17)28-14)10-26-23(32)20-8-22(21(9-24)30(20)2)35(33,34)31-7-6-18-16(13-31)11-27-29-18/h3-5,8,11-12H,6-7,9-10,13,24H2,1-2H3,(H,26,32)(H,27,29). The van der Waals surface area contributed by atoms with Crippen molar-refractivity contribution in [3.8, 4) is 0 Å². The molecule has 3 aromatic heterocycles. The van der Waals surface area contributed by atoms with Gasteiger partial charge in [0, 0.05) is 62.5 Å². The lowest BCUT2D eigenvalue weighted by atomic mass is 10.1. The van der Waals surface area contributed by atoms with Crippen LogP contribution in [-0.4, -0.2) is 49.9 Å². The van der Waals surface area contributed by atoms with Crippen LogP contribution in [0.4, 0.5) is 0 Å². The number of nitrogens with one attached hydrogen (secondary N) is 2. The maximum Gasteiger partial charge on any atom is 0.268 e. The second-order valence-electron chi connectivity index (χ2n) is 8.52. The van der Waals surface area contributed by atoms with Crippen LogP contribution in [0.3, 0.4) is 0 Å². The van der Waals surface area contributed by atoms with Gasteiger partial charge in [0.15, 0.2) is 0 Å². The van der Waals surface area contributed by atoms with E-state index in [4.69, 9.17) is 5.73 Å². The molecule has 12 heteroatoms. The molecular formula is C23H26N8O3S. The number of H-pyrrole nitrogens is 1. The van der Waals surface area contributed by atoms with E-state index in [0.717, 1.165) is 27.7 Å². The quantitative estimate of drug-likeness (QED) is 0.363. The molecule has 0 saturated carbocycles. The Balaban J connectivity index is 1.41. The number of carbonyl (C=O) groups excluding carboxylic acids is 1. The Labute approximate surface area is 202 Å². The summed E-state index contributed by atoms with van der Waals surface area (Å²) >= 11 is 0. The van der Waals surface area contributed by atoms with Crippen LogP contribution in [0.15, 0.2) is 41.6 Å². The highest BCUT2D eigenvalue weighted by atomic mass is 32.2. The highest BCUT2D eigenvalue weighted by molar-refractivity contribution is 7.89. The molecule has 1 amide bonds. The lowest BCUT2D eigenvalue weighted by Gasteiger charge is -2.25. The summed E-state index contributed by atoms with van der Waals surface area (Å²) in [5.41, 5.74) is 9.97. The molecule has 0 radical (unpaired) electrons. The van der Waals surface area contributed by atoms with E-state index in [1.807, 2.05) is 25.1 Å². The number of aromatic amines is 1. The fraction of sp³-hybridized carbons (Fsp3) is 0.304. The fourth-order valence-corrected chi connectivity index (χ4v) is 6.16. The van der Waals surface area contributed by atoms with Gasteiger partial charge in [-0.1, -0.05) is 12.1 Å². The summed E-state index contributed by atoms with van der Waals surface area (Å²) in [6, 6.07) is 7.08. The zero-order valence-electron chi connectivity index (χ0n) is 19.4. The Morgan fingerprint density at radius 2 is 2.11 bits per heavy atom. The number of hydrogen-bond acceptors (Lipinski definition) is 7. The number of amides is 1. The number of nitrogens with zero attached hydrogens (tertiary/aromatic N) is 5. The first-order valence-electron chi connectivity index (χ1n) is 11.2. The van der Waals surface area contributed by atoms with E-state index in [2.05, 4.69) is 25.5 Å². The van der Waals surface area contributed by atoms with E-state index >= 15 is 0 Å². The van der Waals surface area contributed by atoms with Crippen LogP contribution in [0.25, 0.3) is 10.9 Å². The van der Waals surface area contributed by atoms with Crippen LogP contribution in [0.1, 0.15) is 38.8 Å². The molecule has 0 aliphatic carbocycles. The van der Waals surface area contributed by atoms with Crippen molar-refractivity contribution in [1.29, 1.82) is 0 Å². The number of aryl methyl sites for hydroxylation is 1. The van der Waals surface area contributed by atoms with Crippen molar-refractivity contribution in [2.45, 2.75) is 37.9 Å². The lowest BCUT2D eigenvalue weighted by Crippen LogP contribution is -2.36. The maximum atomic E-state index is 13.5. The van der Waals surface area contributed by atoms with Crippen molar-refractivity contribution in [3.63, 3.8) is 0 Å². The Kier molecular flexibility index (Phi) is 5.87. The van der Waals surface area contributed by atoms with Gasteiger partial charge in [-0.15, -0.1) is 0 Å². The summed E-state index contributed by atoms with van der Waals surface area (Å²) < 4.78 is 30.0. The van der Waals surface area contributed by atoms with Gasteiger partial charge < -0.3 is 15.6 Å². The molecule has 4 heterocycles. The van der Waals surface area contributed by atoms with Crippen molar-refractivity contribution < 1.29 is 13.2 Å². The topological polar surface area (TPSA) is 152 Å². The van der Waals surface area contributed by atoms with Crippen molar-refractivity contribution in [2.75, 3.05) is 6.54 Å². The summed E-state index contributed by atoms with van der Waals surface area (Å²) in [6.07, 6.45) is 3.92. The van der Waals surface area contributed by atoms with E-state index in [9.17, 15) is 13.2 Å². The summed E-state index contributed by atoms with van der Waals surface area (Å²) in [5, 5.41) is 10.6. The second kappa shape index (κ2) is 8.87. The minimum atomic E-state index is -3.87. The van der Waals surface area contributed by atoms with Crippen LogP contribution < -0.4 is 11.1 Å². The fourth-order valence-electron chi connectivity index (χ4n) is 4.46. The molecule has 1 aliphatic rings. The third-order valence-electron chi connectivity index (χ3n) is 6.40. The monoisotopic (exact) mass is 494 g/mol. The van der Waals surface area contributed by atoms with Gasteiger partial charge in [0.25, 0.3) is 5.91 Å². The molecule has 0 atom stereocenters. The average Bonchev–Trinajstić information content (AvgIpc) is 3.46. The molecule has 0 spiro atoms. The Hall–Kier alpha value is -3.61. The SMILES string of the molecule is Cc1ncc2c(CNC(=O)c3cc(S(=O)(=O)N4CCc5[nH]ncc5C4)c(CN)n3C)cccc2n1. The zero-order chi connectivity index (χ0) is 24.7. The van der Waals surface area contributed by atoms with Gasteiger partial charge in [-0.2, -0.15) is 9.40 Å². The third-order valence-corrected chi connectivity index (χ3v) is 8.30.